The molecule has 1 N–H and O–H groups in total. The molecule has 1 aromatic heterocycles. The Morgan fingerprint density at radius 3 is 2.67 bits per heavy atom. The van der Waals surface area contributed by atoms with Crippen LogP contribution in [0, 0.1) is 0 Å². The minimum Gasteiger partial charge on any atom is -0.481 e. The highest BCUT2D eigenvalue weighted by molar-refractivity contribution is 7.92. The molecular weight excluding hydrogens is 362 g/mol. The third-order valence-corrected chi connectivity index (χ3v) is 8.35. The van der Waals surface area contributed by atoms with Gasteiger partial charge >= 0.3 is 5.97 Å². The lowest BCUT2D eigenvalue weighted by molar-refractivity contribution is -0.137. The lowest BCUT2D eigenvalue weighted by atomic mass is 10.2. The average Bonchev–Trinajstić information content (AvgIpc) is 2.74. The highest BCUT2D eigenvalue weighted by Crippen LogP contribution is 2.31. The topological polar surface area (TPSA) is 109 Å². The predicted molar refractivity (Wildman–Crippen MR) is 77.9 cm³/mol. The molecule has 0 saturated carbocycles. The van der Waals surface area contributed by atoms with Gasteiger partial charge in [-0.1, -0.05) is 11.6 Å². The van der Waals surface area contributed by atoms with Crippen LogP contribution in [0.3, 0.4) is 0 Å². The van der Waals surface area contributed by atoms with E-state index >= 15 is 0 Å². The first-order valence-corrected chi connectivity index (χ1v) is 10.3. The van der Waals surface area contributed by atoms with E-state index in [9.17, 15) is 21.6 Å². The number of carbonyl (C=O) groups is 1. The predicted octanol–water partition coefficient (Wildman–Crippen LogP) is 0.664. The third-order valence-electron chi connectivity index (χ3n) is 3.00. The van der Waals surface area contributed by atoms with Crippen molar-refractivity contribution in [2.24, 2.45) is 0 Å². The Morgan fingerprint density at radius 2 is 2.14 bits per heavy atom. The molecule has 1 aromatic rings. The molecule has 1 fully saturated rings. The molecule has 7 nitrogen and oxygen atoms in total. The minimum absolute atomic E-state index is 0.0258. The number of halogens is 1. The van der Waals surface area contributed by atoms with Crippen LogP contribution in [0.1, 0.15) is 6.42 Å². The Labute approximate surface area is 131 Å². The van der Waals surface area contributed by atoms with Crippen LogP contribution in [0.2, 0.25) is 4.34 Å². The Hall–Kier alpha value is -0.680. The van der Waals surface area contributed by atoms with E-state index in [2.05, 4.69) is 0 Å². The summed E-state index contributed by atoms with van der Waals surface area (Å²) in [6.07, 6.45) is -0.558. The molecule has 2 heterocycles. The monoisotopic (exact) mass is 373 g/mol. The summed E-state index contributed by atoms with van der Waals surface area (Å²) in [6, 6.07) is 1.64. The lowest BCUT2D eigenvalue weighted by Crippen LogP contribution is -2.51. The van der Waals surface area contributed by atoms with Crippen molar-refractivity contribution in [2.75, 3.05) is 18.1 Å². The molecule has 0 aromatic carbocycles. The van der Waals surface area contributed by atoms with Crippen LogP contribution in [-0.2, 0) is 24.7 Å². The Bertz CT molecular complexity index is 754. The van der Waals surface area contributed by atoms with E-state index in [1.165, 1.54) is 12.1 Å². The number of sulfone groups is 1. The van der Waals surface area contributed by atoms with Crippen LogP contribution in [0.4, 0.5) is 0 Å². The van der Waals surface area contributed by atoms with E-state index in [1.807, 2.05) is 0 Å². The molecule has 21 heavy (non-hydrogen) atoms. The number of carboxylic acids is 1. The van der Waals surface area contributed by atoms with Crippen molar-refractivity contribution >= 4 is 48.8 Å². The van der Waals surface area contributed by atoms with Crippen LogP contribution in [-0.4, -0.2) is 56.3 Å². The van der Waals surface area contributed by atoms with E-state index in [0.717, 1.165) is 15.6 Å². The van der Waals surface area contributed by atoms with Crippen molar-refractivity contribution in [1.82, 2.24) is 4.31 Å². The van der Waals surface area contributed by atoms with Gasteiger partial charge in [-0.05, 0) is 12.1 Å². The Balaban J connectivity index is 2.37. The number of nitrogens with zero attached hydrogens (tertiary/aromatic N) is 1. The summed E-state index contributed by atoms with van der Waals surface area (Å²) in [5, 5.41) is 8.86. The van der Waals surface area contributed by atoms with Crippen LogP contribution < -0.4 is 0 Å². The summed E-state index contributed by atoms with van der Waals surface area (Å²) in [5.41, 5.74) is 0. The first kappa shape index (κ1) is 16.7. The molecule has 0 bridgehead atoms. The highest BCUT2D eigenvalue weighted by Gasteiger charge is 2.40. The number of hydrogen-bond donors (Lipinski definition) is 1. The molecule has 11 heteroatoms. The van der Waals surface area contributed by atoms with Crippen molar-refractivity contribution < 1.29 is 26.7 Å². The van der Waals surface area contributed by atoms with Crippen molar-refractivity contribution in [3.63, 3.8) is 0 Å². The molecule has 0 aliphatic carbocycles. The summed E-state index contributed by atoms with van der Waals surface area (Å²) < 4.78 is 49.4. The van der Waals surface area contributed by atoms with Gasteiger partial charge in [-0.2, -0.15) is 4.31 Å². The normalized spacial score (nSPS) is 23.0. The number of sulfonamides is 1. The van der Waals surface area contributed by atoms with Crippen LogP contribution in [0.15, 0.2) is 16.3 Å². The van der Waals surface area contributed by atoms with Crippen molar-refractivity contribution in [3.8, 4) is 0 Å². The molecule has 1 atom stereocenters. The van der Waals surface area contributed by atoms with Gasteiger partial charge in [0.25, 0.3) is 10.0 Å². The van der Waals surface area contributed by atoms with E-state index in [-0.39, 0.29) is 20.8 Å². The summed E-state index contributed by atoms with van der Waals surface area (Å²) in [7, 11) is -7.39. The smallest absolute Gasteiger partial charge is 0.305 e. The number of carboxylic acid groups (broad SMARTS) is 1. The largest absolute Gasteiger partial charge is 0.481 e. The quantitative estimate of drug-likeness (QED) is 0.830. The average molecular weight is 374 g/mol. The zero-order chi connectivity index (χ0) is 15.8. The zero-order valence-corrected chi connectivity index (χ0v) is 13.8. The van der Waals surface area contributed by atoms with Gasteiger partial charge in [0.1, 0.15) is 4.21 Å². The van der Waals surface area contributed by atoms with E-state index in [0.29, 0.717) is 0 Å². The SMILES string of the molecule is O=C(O)CC1CS(=O)(=O)CCN1S(=O)(=O)c1ccc(Cl)s1. The summed E-state index contributed by atoms with van der Waals surface area (Å²) in [4.78, 5) is 10.9. The maximum Gasteiger partial charge on any atom is 0.305 e. The van der Waals surface area contributed by atoms with Crippen molar-refractivity contribution in [3.05, 3.63) is 16.5 Å². The van der Waals surface area contributed by atoms with Gasteiger partial charge in [0.15, 0.2) is 9.84 Å². The van der Waals surface area contributed by atoms with E-state index in [4.69, 9.17) is 16.7 Å². The van der Waals surface area contributed by atoms with Crippen molar-refractivity contribution in [1.29, 1.82) is 0 Å². The standard InChI is InChI=1S/C10H12ClNO6S3/c11-8-1-2-10(19-8)21(17,18)12-3-4-20(15,16)6-7(12)5-9(13)14/h1-2,7H,3-6H2,(H,13,14). The van der Waals surface area contributed by atoms with E-state index < -0.39 is 44.0 Å². The van der Waals surface area contributed by atoms with Gasteiger partial charge in [0, 0.05) is 12.6 Å². The lowest BCUT2D eigenvalue weighted by Gasteiger charge is -2.33. The van der Waals surface area contributed by atoms with E-state index in [1.54, 1.807) is 0 Å². The van der Waals surface area contributed by atoms with Crippen LogP contribution in [0.5, 0.6) is 0 Å². The Morgan fingerprint density at radius 1 is 1.48 bits per heavy atom. The van der Waals surface area contributed by atoms with Crippen LogP contribution >= 0.6 is 22.9 Å². The van der Waals surface area contributed by atoms with Gasteiger partial charge in [-0.15, -0.1) is 11.3 Å². The van der Waals surface area contributed by atoms with Gasteiger partial charge in [-0.25, -0.2) is 16.8 Å². The summed E-state index contributed by atoms with van der Waals surface area (Å²) in [6.45, 7) is -0.252. The fraction of sp³-hybridized carbons (Fsp3) is 0.500. The fourth-order valence-corrected chi connectivity index (χ4v) is 7.07. The second-order valence-corrected chi connectivity index (χ2v) is 10.6. The van der Waals surface area contributed by atoms with Crippen LogP contribution in [0.25, 0.3) is 0 Å². The maximum absolute atomic E-state index is 12.5. The molecular formula is C10H12ClNO6S3. The maximum atomic E-state index is 12.5. The summed E-state index contributed by atoms with van der Waals surface area (Å²) in [5.74, 6) is -2.06. The number of rotatable bonds is 4. The van der Waals surface area contributed by atoms with Gasteiger partial charge < -0.3 is 5.11 Å². The number of aliphatic carboxylic acids is 1. The molecule has 1 unspecified atom stereocenters. The second kappa shape index (κ2) is 5.84. The first-order chi connectivity index (χ1) is 9.62. The zero-order valence-electron chi connectivity index (χ0n) is 10.6. The fourth-order valence-electron chi connectivity index (χ4n) is 2.10. The molecule has 0 radical (unpaired) electrons. The number of thiophene rings is 1. The van der Waals surface area contributed by atoms with Crippen molar-refractivity contribution in [2.45, 2.75) is 16.7 Å². The molecule has 1 aliphatic heterocycles. The Kier molecular flexibility index (Phi) is 4.64. The van der Waals surface area contributed by atoms with Gasteiger partial charge in [0.05, 0.1) is 22.3 Å². The highest BCUT2D eigenvalue weighted by atomic mass is 35.5. The third kappa shape index (κ3) is 3.75. The number of hydrogen-bond acceptors (Lipinski definition) is 6. The molecule has 0 amide bonds. The summed E-state index contributed by atoms with van der Waals surface area (Å²) >= 11 is 6.57. The molecule has 118 valence electrons. The first-order valence-electron chi connectivity index (χ1n) is 5.81. The van der Waals surface area contributed by atoms with Gasteiger partial charge in [0.2, 0.25) is 0 Å². The second-order valence-electron chi connectivity index (χ2n) is 4.54. The molecule has 2 rings (SSSR count). The molecule has 0 spiro atoms. The molecule has 1 aliphatic rings. The molecule has 1 saturated heterocycles. The minimum atomic E-state index is -3.95. The van der Waals surface area contributed by atoms with Gasteiger partial charge in [-0.3, -0.25) is 4.79 Å².